The zero-order valence-electron chi connectivity index (χ0n) is 17.1. The topological polar surface area (TPSA) is 106 Å². The molecular formula is C20H25N5O4S. The van der Waals surface area contributed by atoms with Crippen LogP contribution in [-0.2, 0) is 21.2 Å². The molecule has 160 valence electrons. The Labute approximate surface area is 175 Å². The number of rotatable bonds is 9. The lowest BCUT2D eigenvalue weighted by Crippen LogP contribution is -2.38. The largest absolute Gasteiger partial charge is 0.385 e. The fourth-order valence-electron chi connectivity index (χ4n) is 2.88. The minimum atomic E-state index is -3.61. The third-order valence-corrected chi connectivity index (χ3v) is 6.41. The van der Waals surface area contributed by atoms with Gasteiger partial charge in [0, 0.05) is 20.1 Å². The van der Waals surface area contributed by atoms with E-state index in [0.717, 1.165) is 22.0 Å². The van der Waals surface area contributed by atoms with Crippen LogP contribution in [-0.4, -0.2) is 60.5 Å². The first-order chi connectivity index (χ1) is 14.3. The van der Waals surface area contributed by atoms with E-state index in [1.165, 1.54) is 31.8 Å². The van der Waals surface area contributed by atoms with E-state index in [0.29, 0.717) is 11.0 Å². The molecule has 0 fully saturated rings. The molecule has 3 rings (SSSR count). The molecule has 0 spiro atoms. The van der Waals surface area contributed by atoms with Crippen molar-refractivity contribution in [3.63, 3.8) is 0 Å². The molecule has 1 N–H and O–H groups in total. The first-order valence-electron chi connectivity index (χ1n) is 9.52. The fourth-order valence-corrected chi connectivity index (χ4v) is 3.80. The highest BCUT2D eigenvalue weighted by molar-refractivity contribution is 7.89. The predicted octanol–water partition coefficient (Wildman–Crippen LogP) is 1.25. The van der Waals surface area contributed by atoms with Crippen LogP contribution < -0.4 is 10.2 Å². The number of fused-ring (bicyclic) bond motifs is 1. The highest BCUT2D eigenvalue weighted by Gasteiger charge is 2.19. The Morgan fingerprint density at radius 2 is 1.93 bits per heavy atom. The van der Waals surface area contributed by atoms with Gasteiger partial charge in [-0.3, -0.25) is 4.79 Å². The molecule has 0 aliphatic carbocycles. The van der Waals surface area contributed by atoms with E-state index in [1.54, 1.807) is 6.07 Å². The van der Waals surface area contributed by atoms with Gasteiger partial charge in [0.2, 0.25) is 10.0 Å². The maximum atomic E-state index is 12.3. The molecule has 0 bridgehead atoms. The molecule has 0 saturated heterocycles. The van der Waals surface area contributed by atoms with Gasteiger partial charge >= 0.3 is 0 Å². The van der Waals surface area contributed by atoms with Crippen molar-refractivity contribution in [1.82, 2.24) is 24.8 Å². The van der Waals surface area contributed by atoms with E-state index in [9.17, 15) is 13.2 Å². The SMILES string of the molecule is CC(CCc1ccccc1)NC(=O)COn1nnc2ccc(S(=O)(=O)N(C)C)cc21. The highest BCUT2D eigenvalue weighted by Crippen LogP contribution is 2.19. The molecule has 1 atom stereocenters. The number of nitrogens with zero attached hydrogens (tertiary/aromatic N) is 4. The number of carbonyl (C=O) groups is 1. The van der Waals surface area contributed by atoms with Gasteiger partial charge < -0.3 is 10.2 Å². The second kappa shape index (κ2) is 9.23. The van der Waals surface area contributed by atoms with Crippen LogP contribution in [0.5, 0.6) is 0 Å². The quantitative estimate of drug-likeness (QED) is 0.547. The molecule has 1 amide bonds. The van der Waals surface area contributed by atoms with E-state index < -0.39 is 10.0 Å². The van der Waals surface area contributed by atoms with Crippen LogP contribution in [0.2, 0.25) is 0 Å². The van der Waals surface area contributed by atoms with Crippen LogP contribution in [0.4, 0.5) is 0 Å². The molecule has 2 aromatic carbocycles. The molecule has 1 unspecified atom stereocenters. The van der Waals surface area contributed by atoms with E-state index >= 15 is 0 Å². The molecule has 0 saturated carbocycles. The summed E-state index contributed by atoms with van der Waals surface area (Å²) in [7, 11) is -0.703. The summed E-state index contributed by atoms with van der Waals surface area (Å²) in [4.78, 5) is 18.8. The minimum Gasteiger partial charge on any atom is -0.385 e. The Kier molecular flexibility index (Phi) is 6.68. The Morgan fingerprint density at radius 3 is 2.63 bits per heavy atom. The van der Waals surface area contributed by atoms with Crippen molar-refractivity contribution in [1.29, 1.82) is 0 Å². The summed E-state index contributed by atoms with van der Waals surface area (Å²) in [5.41, 5.74) is 2.04. The number of benzene rings is 2. The Hall–Kier alpha value is -2.98. The molecule has 0 aliphatic rings. The van der Waals surface area contributed by atoms with Crippen LogP contribution in [0.15, 0.2) is 53.4 Å². The van der Waals surface area contributed by atoms with Crippen molar-refractivity contribution in [2.45, 2.75) is 30.7 Å². The summed E-state index contributed by atoms with van der Waals surface area (Å²) in [6, 6.07) is 14.5. The Bertz CT molecular complexity index is 1110. The van der Waals surface area contributed by atoms with E-state index in [-0.39, 0.29) is 23.5 Å². The first kappa shape index (κ1) is 21.7. The van der Waals surface area contributed by atoms with Gasteiger partial charge in [0.1, 0.15) is 11.0 Å². The second-order valence-electron chi connectivity index (χ2n) is 7.17. The van der Waals surface area contributed by atoms with E-state index in [4.69, 9.17) is 4.84 Å². The van der Waals surface area contributed by atoms with Crippen LogP contribution in [0, 0.1) is 0 Å². The lowest BCUT2D eigenvalue weighted by molar-refractivity contribution is -0.126. The van der Waals surface area contributed by atoms with Gasteiger partial charge in [-0.15, -0.1) is 5.10 Å². The summed E-state index contributed by atoms with van der Waals surface area (Å²) in [5, 5.41) is 10.7. The molecule has 1 aromatic heterocycles. The van der Waals surface area contributed by atoms with Gasteiger partial charge in [-0.1, -0.05) is 35.2 Å². The third kappa shape index (κ3) is 5.14. The molecule has 0 aliphatic heterocycles. The smallest absolute Gasteiger partial charge is 0.260 e. The van der Waals surface area contributed by atoms with Crippen LogP contribution in [0.1, 0.15) is 18.9 Å². The Morgan fingerprint density at radius 1 is 1.20 bits per heavy atom. The molecule has 3 aromatic rings. The average molecular weight is 432 g/mol. The number of sulfonamides is 1. The summed E-state index contributed by atoms with van der Waals surface area (Å²) < 4.78 is 25.8. The predicted molar refractivity (Wildman–Crippen MR) is 112 cm³/mol. The van der Waals surface area contributed by atoms with Gasteiger partial charge in [-0.2, -0.15) is 0 Å². The maximum Gasteiger partial charge on any atom is 0.260 e. The first-order valence-corrected chi connectivity index (χ1v) is 11.0. The van der Waals surface area contributed by atoms with E-state index in [1.807, 2.05) is 25.1 Å². The number of hydrogen-bond donors (Lipinski definition) is 1. The number of aromatic nitrogens is 3. The molecule has 30 heavy (non-hydrogen) atoms. The van der Waals surface area contributed by atoms with Gasteiger partial charge in [0.05, 0.1) is 4.90 Å². The molecule has 10 heteroatoms. The number of carbonyl (C=O) groups excluding carboxylic acids is 1. The van der Waals surface area contributed by atoms with Crippen molar-refractivity contribution in [2.24, 2.45) is 0 Å². The average Bonchev–Trinajstić information content (AvgIpc) is 3.13. The van der Waals surface area contributed by atoms with Crippen molar-refractivity contribution in [2.75, 3.05) is 20.7 Å². The van der Waals surface area contributed by atoms with E-state index in [2.05, 4.69) is 27.8 Å². The highest BCUT2D eigenvalue weighted by atomic mass is 32.2. The van der Waals surface area contributed by atoms with Gasteiger partial charge in [0.25, 0.3) is 5.91 Å². The van der Waals surface area contributed by atoms with Crippen molar-refractivity contribution in [3.8, 4) is 0 Å². The molecule has 0 radical (unpaired) electrons. The lowest BCUT2D eigenvalue weighted by atomic mass is 10.1. The zero-order valence-corrected chi connectivity index (χ0v) is 18.0. The maximum absolute atomic E-state index is 12.3. The number of aryl methyl sites for hydroxylation is 1. The fraction of sp³-hybridized carbons (Fsp3) is 0.350. The Balaban J connectivity index is 1.59. The number of amides is 1. The number of nitrogens with one attached hydrogen (secondary N) is 1. The van der Waals surface area contributed by atoms with Crippen LogP contribution in [0.25, 0.3) is 11.0 Å². The summed E-state index contributed by atoms with van der Waals surface area (Å²) >= 11 is 0. The minimum absolute atomic E-state index is 0.0226. The zero-order chi connectivity index (χ0) is 21.7. The van der Waals surface area contributed by atoms with Gasteiger partial charge in [0.15, 0.2) is 6.61 Å². The van der Waals surface area contributed by atoms with Crippen LogP contribution >= 0.6 is 0 Å². The standard InChI is InChI=1S/C20H25N5O4S/c1-15(9-10-16-7-5-4-6-8-16)21-20(26)14-29-25-19-13-17(30(27,28)24(2)3)11-12-18(19)22-23-25/h4-8,11-13,15H,9-10,14H2,1-3H3,(H,21,26). The number of hydrogen-bond acceptors (Lipinski definition) is 6. The lowest BCUT2D eigenvalue weighted by Gasteiger charge is -2.14. The third-order valence-electron chi connectivity index (χ3n) is 4.60. The normalized spacial score (nSPS) is 12.8. The van der Waals surface area contributed by atoms with Crippen molar-refractivity contribution in [3.05, 3.63) is 54.1 Å². The molecule has 1 heterocycles. The monoisotopic (exact) mass is 431 g/mol. The molecular weight excluding hydrogens is 406 g/mol. The van der Waals surface area contributed by atoms with Crippen molar-refractivity contribution >= 4 is 27.0 Å². The van der Waals surface area contributed by atoms with Gasteiger partial charge in [-0.05, 0) is 48.7 Å². The second-order valence-corrected chi connectivity index (χ2v) is 9.32. The van der Waals surface area contributed by atoms with Crippen molar-refractivity contribution < 1.29 is 18.0 Å². The van der Waals surface area contributed by atoms with Crippen LogP contribution in [0.3, 0.4) is 0 Å². The van der Waals surface area contributed by atoms with Gasteiger partial charge in [-0.25, -0.2) is 12.7 Å². The summed E-state index contributed by atoms with van der Waals surface area (Å²) in [6.45, 7) is 1.67. The molecule has 9 nitrogen and oxygen atoms in total. The summed E-state index contributed by atoms with van der Waals surface area (Å²) in [6.07, 6.45) is 1.66. The summed E-state index contributed by atoms with van der Waals surface area (Å²) in [5.74, 6) is -0.295.